The summed E-state index contributed by atoms with van der Waals surface area (Å²) in [6.45, 7) is 6.03. The maximum atomic E-state index is 14.4. The Hall–Kier alpha value is -3.43. The van der Waals surface area contributed by atoms with E-state index in [4.69, 9.17) is 4.74 Å². The van der Waals surface area contributed by atoms with Crippen LogP contribution in [0.4, 0.5) is 0 Å². The third-order valence-corrected chi connectivity index (χ3v) is 9.92. The molecule has 2 aromatic rings. The van der Waals surface area contributed by atoms with E-state index in [1.54, 1.807) is 7.05 Å². The lowest BCUT2D eigenvalue weighted by atomic mass is 9.82. The number of hydrogen-bond acceptors (Lipinski definition) is 6. The Morgan fingerprint density at radius 2 is 1.61 bits per heavy atom. The molecule has 0 aromatic heterocycles. The molecule has 3 aliphatic rings. The van der Waals surface area contributed by atoms with Crippen molar-refractivity contribution in [2.24, 2.45) is 5.92 Å². The molecule has 250 valence electrons. The number of rotatable bonds is 4. The molecule has 4 atom stereocenters. The van der Waals surface area contributed by atoms with Gasteiger partial charge in [-0.05, 0) is 81.9 Å². The molecule has 0 radical (unpaired) electrons. The highest BCUT2D eigenvalue weighted by molar-refractivity contribution is 5.94. The van der Waals surface area contributed by atoms with E-state index < -0.39 is 29.6 Å². The van der Waals surface area contributed by atoms with Gasteiger partial charge >= 0.3 is 0 Å². The number of aliphatic hydroxyl groups is 1. The van der Waals surface area contributed by atoms with Crippen LogP contribution in [0.3, 0.4) is 0 Å². The Balaban J connectivity index is 1.48. The Morgan fingerprint density at radius 1 is 0.913 bits per heavy atom. The molecule has 9 nitrogen and oxygen atoms in total. The number of ether oxygens (including phenoxy) is 1. The molecule has 2 heterocycles. The number of para-hydroxylation sites is 1. The second-order valence-corrected chi connectivity index (χ2v) is 14.1. The van der Waals surface area contributed by atoms with E-state index >= 15 is 0 Å². The van der Waals surface area contributed by atoms with Crippen LogP contribution < -0.4 is 20.7 Å². The van der Waals surface area contributed by atoms with Gasteiger partial charge in [0.25, 0.3) is 0 Å². The molecule has 1 unspecified atom stereocenters. The highest BCUT2D eigenvalue weighted by Gasteiger charge is 2.43. The molecule has 2 bridgehead atoms. The van der Waals surface area contributed by atoms with Crippen molar-refractivity contribution in [1.82, 2.24) is 20.9 Å². The first-order valence-corrected chi connectivity index (χ1v) is 17.1. The molecule has 2 aliphatic heterocycles. The molecule has 46 heavy (non-hydrogen) atoms. The average molecular weight is 633 g/mol. The van der Waals surface area contributed by atoms with Crippen LogP contribution in [0.1, 0.15) is 81.0 Å². The van der Waals surface area contributed by atoms with Crippen LogP contribution in [0.15, 0.2) is 42.5 Å². The second kappa shape index (κ2) is 15.0. The molecule has 4 N–H and O–H groups in total. The molecule has 0 spiro atoms. The normalized spacial score (nSPS) is 25.9. The van der Waals surface area contributed by atoms with E-state index in [0.29, 0.717) is 19.5 Å². The Morgan fingerprint density at radius 3 is 2.30 bits per heavy atom. The fourth-order valence-corrected chi connectivity index (χ4v) is 7.40. The first-order valence-electron chi connectivity index (χ1n) is 17.1. The molecule has 1 fully saturated rings. The maximum Gasteiger partial charge on any atom is 0.246 e. The van der Waals surface area contributed by atoms with Crippen molar-refractivity contribution >= 4 is 17.7 Å². The number of benzene rings is 2. The number of amides is 3. The predicted octanol–water partition coefficient (Wildman–Crippen LogP) is 3.61. The van der Waals surface area contributed by atoms with Crippen LogP contribution >= 0.6 is 0 Å². The summed E-state index contributed by atoms with van der Waals surface area (Å²) in [6.07, 6.45) is 8.51. The van der Waals surface area contributed by atoms with Crippen molar-refractivity contribution in [2.75, 3.05) is 20.1 Å². The van der Waals surface area contributed by atoms with Crippen LogP contribution in [0.25, 0.3) is 0 Å². The van der Waals surface area contributed by atoms with Gasteiger partial charge in [0.15, 0.2) is 0 Å². The lowest BCUT2D eigenvalue weighted by Crippen LogP contribution is -2.64. The molecule has 2 aromatic carbocycles. The highest BCUT2D eigenvalue weighted by atomic mass is 16.5. The fourth-order valence-electron chi connectivity index (χ4n) is 7.40. The van der Waals surface area contributed by atoms with Gasteiger partial charge in [-0.2, -0.15) is 0 Å². The largest absolute Gasteiger partial charge is 0.489 e. The van der Waals surface area contributed by atoms with Crippen LogP contribution in [0.5, 0.6) is 5.75 Å². The van der Waals surface area contributed by atoms with Gasteiger partial charge < -0.3 is 30.7 Å². The molecular weight excluding hydrogens is 580 g/mol. The number of hydrogen-bond donors (Lipinski definition) is 4. The van der Waals surface area contributed by atoms with Gasteiger partial charge in [-0.15, -0.1) is 0 Å². The molecule has 1 saturated carbocycles. The summed E-state index contributed by atoms with van der Waals surface area (Å²) < 4.78 is 6.58. The van der Waals surface area contributed by atoms with E-state index in [1.807, 2.05) is 31.2 Å². The Bertz CT molecular complexity index is 1360. The van der Waals surface area contributed by atoms with Gasteiger partial charge in [0, 0.05) is 26.6 Å². The molecule has 5 rings (SSSR count). The van der Waals surface area contributed by atoms with Crippen LogP contribution in [-0.4, -0.2) is 77.7 Å². The van der Waals surface area contributed by atoms with E-state index in [9.17, 15) is 19.5 Å². The Kier molecular flexibility index (Phi) is 11.1. The highest BCUT2D eigenvalue weighted by Crippen LogP contribution is 2.33. The Labute approximate surface area is 273 Å². The summed E-state index contributed by atoms with van der Waals surface area (Å²) in [5.41, 5.74) is 2.75. The van der Waals surface area contributed by atoms with Crippen molar-refractivity contribution in [1.29, 1.82) is 0 Å². The van der Waals surface area contributed by atoms with E-state index in [0.717, 1.165) is 73.8 Å². The first-order chi connectivity index (χ1) is 22.0. The molecule has 1 aliphatic carbocycles. The van der Waals surface area contributed by atoms with Gasteiger partial charge in [-0.25, -0.2) is 0 Å². The van der Waals surface area contributed by atoms with Gasteiger partial charge in [-0.1, -0.05) is 67.3 Å². The summed E-state index contributed by atoms with van der Waals surface area (Å²) >= 11 is 0. The number of fused-ring (bicyclic) bond motifs is 1. The smallest absolute Gasteiger partial charge is 0.246 e. The first kappa shape index (κ1) is 33.9. The fraction of sp³-hybridized carbons (Fsp3) is 0.595. The zero-order chi connectivity index (χ0) is 32.8. The lowest BCUT2D eigenvalue weighted by Gasteiger charge is -2.40. The number of nitrogens with one attached hydrogen (secondary N) is 3. The van der Waals surface area contributed by atoms with Crippen molar-refractivity contribution in [3.8, 4) is 5.75 Å². The van der Waals surface area contributed by atoms with Crippen LogP contribution in [-0.2, 0) is 33.6 Å². The summed E-state index contributed by atoms with van der Waals surface area (Å²) in [6, 6.07) is 11.5. The summed E-state index contributed by atoms with van der Waals surface area (Å²) in [5, 5.41) is 20.9. The average Bonchev–Trinajstić information content (AvgIpc) is 3.03. The maximum absolute atomic E-state index is 14.4. The molecular formula is C37H52N4O5. The summed E-state index contributed by atoms with van der Waals surface area (Å²) in [4.78, 5) is 43.4. The van der Waals surface area contributed by atoms with Crippen LogP contribution in [0, 0.1) is 12.8 Å². The van der Waals surface area contributed by atoms with Gasteiger partial charge in [-0.3, -0.25) is 14.4 Å². The third-order valence-electron chi connectivity index (χ3n) is 9.92. The van der Waals surface area contributed by atoms with E-state index in [2.05, 4.69) is 34.1 Å². The quantitative estimate of drug-likeness (QED) is 0.409. The number of aryl methyl sites for hydroxylation is 3. The second-order valence-electron chi connectivity index (χ2n) is 14.1. The topological polar surface area (TPSA) is 120 Å². The van der Waals surface area contributed by atoms with Crippen molar-refractivity contribution in [3.05, 3.63) is 64.7 Å². The van der Waals surface area contributed by atoms with Crippen molar-refractivity contribution < 1.29 is 24.2 Å². The monoisotopic (exact) mass is 632 g/mol. The lowest BCUT2D eigenvalue weighted by molar-refractivity contribution is -0.151. The molecule has 0 saturated heterocycles. The summed E-state index contributed by atoms with van der Waals surface area (Å²) in [7, 11) is 1.59. The van der Waals surface area contributed by atoms with Crippen molar-refractivity contribution in [2.45, 2.75) is 115 Å². The number of nitrogens with zero attached hydrogens (tertiary/aromatic N) is 1. The third kappa shape index (κ3) is 8.28. The zero-order valence-electron chi connectivity index (χ0n) is 27.9. The van der Waals surface area contributed by atoms with Crippen molar-refractivity contribution in [3.63, 3.8) is 0 Å². The van der Waals surface area contributed by atoms with Gasteiger partial charge in [0.1, 0.15) is 23.9 Å². The number of carbonyl (C=O) groups is 3. The van der Waals surface area contributed by atoms with Gasteiger partial charge in [0.2, 0.25) is 17.7 Å². The standard InChI is InChI=1S/C37H52N4O5/c1-24-15-17-25(18-16-24)22-30-34(42)38-21-9-14-27-12-8-13-28-19-20-29(46-32(27)28)23-39-31(26-10-6-5-7-11-26)36(44)41(4)33(35(43)40-30)37(2,3)45/h8,12-13,15-18,26,29-31,33,39,45H,5-7,9-11,14,19-23H2,1-4H3,(H,38,42)(H,40,43)/t29?,30-,31+,33-/m1/s1. The minimum atomic E-state index is -1.57. The summed E-state index contributed by atoms with van der Waals surface area (Å²) in [5.74, 6) is -0.0434. The number of likely N-dealkylation sites (N-methyl/N-ethyl adjacent to an activating group) is 1. The minimum Gasteiger partial charge on any atom is -0.489 e. The van der Waals surface area contributed by atoms with Gasteiger partial charge in [0.05, 0.1) is 11.6 Å². The van der Waals surface area contributed by atoms with Crippen LogP contribution in [0.2, 0.25) is 0 Å². The molecule has 9 heteroatoms. The SMILES string of the molecule is Cc1ccc(C[C@H]2NC(=O)[C@H](C(C)(C)O)N(C)C(=O)[C@H](C3CCCCC3)NCC3CCc4cccc(c4O3)CCCNC2=O)cc1. The molecule has 3 amide bonds. The minimum absolute atomic E-state index is 0.0904. The van der Waals surface area contributed by atoms with E-state index in [-0.39, 0.29) is 30.3 Å². The number of carbonyl (C=O) groups excluding carboxylic acids is 3. The van der Waals surface area contributed by atoms with E-state index in [1.165, 1.54) is 24.3 Å². The zero-order valence-corrected chi connectivity index (χ0v) is 27.9. The predicted molar refractivity (Wildman–Crippen MR) is 179 cm³/mol.